The third kappa shape index (κ3) is 3.37. The summed E-state index contributed by atoms with van der Waals surface area (Å²) in [7, 11) is 1.92. The summed E-state index contributed by atoms with van der Waals surface area (Å²) in [5.41, 5.74) is 2.33. The molecule has 0 atom stereocenters. The fourth-order valence-electron chi connectivity index (χ4n) is 1.66. The van der Waals surface area contributed by atoms with Gasteiger partial charge >= 0.3 is 0 Å². The number of thioether (sulfide) groups is 1. The molecule has 0 aliphatic carbocycles. The summed E-state index contributed by atoms with van der Waals surface area (Å²) in [5.74, 6) is 4.01. The van der Waals surface area contributed by atoms with Crippen molar-refractivity contribution in [3.05, 3.63) is 17.1 Å². The van der Waals surface area contributed by atoms with Gasteiger partial charge in [0.2, 0.25) is 0 Å². The van der Waals surface area contributed by atoms with Crippen LogP contribution < -0.4 is 5.32 Å². The van der Waals surface area contributed by atoms with Crippen molar-refractivity contribution < 1.29 is 0 Å². The average Bonchev–Trinajstić information content (AvgIpc) is 2.28. The highest BCUT2D eigenvalue weighted by molar-refractivity contribution is 7.98. The summed E-state index contributed by atoms with van der Waals surface area (Å²) < 4.78 is 0. The zero-order chi connectivity index (χ0) is 12.0. The second kappa shape index (κ2) is 6.74. The van der Waals surface area contributed by atoms with Crippen molar-refractivity contribution in [2.24, 2.45) is 0 Å². The fourth-order valence-corrected chi connectivity index (χ4v) is 2.40. The summed E-state index contributed by atoms with van der Waals surface area (Å²) in [5, 5.41) is 3.16. The van der Waals surface area contributed by atoms with Crippen molar-refractivity contribution >= 4 is 17.6 Å². The maximum atomic E-state index is 4.55. The number of aryl methyl sites for hydroxylation is 1. The molecule has 0 aliphatic rings. The van der Waals surface area contributed by atoms with Crippen molar-refractivity contribution in [1.29, 1.82) is 0 Å². The monoisotopic (exact) mass is 239 g/mol. The van der Waals surface area contributed by atoms with E-state index in [1.165, 1.54) is 17.7 Å². The van der Waals surface area contributed by atoms with E-state index in [1.54, 1.807) is 0 Å². The lowest BCUT2D eigenvalue weighted by Gasteiger charge is -2.11. The summed E-state index contributed by atoms with van der Waals surface area (Å²) in [6, 6.07) is 0. The summed E-state index contributed by atoms with van der Waals surface area (Å²) >= 11 is 1.89. The normalized spacial score (nSPS) is 10.5. The van der Waals surface area contributed by atoms with E-state index in [1.807, 2.05) is 18.8 Å². The molecule has 4 heteroatoms. The predicted octanol–water partition coefficient (Wildman–Crippen LogP) is 3.03. The van der Waals surface area contributed by atoms with E-state index < -0.39 is 0 Å². The topological polar surface area (TPSA) is 37.8 Å². The molecule has 90 valence electrons. The maximum absolute atomic E-state index is 4.55. The van der Waals surface area contributed by atoms with Crippen LogP contribution in [0.5, 0.6) is 0 Å². The van der Waals surface area contributed by atoms with Gasteiger partial charge in [0.1, 0.15) is 11.6 Å². The van der Waals surface area contributed by atoms with Gasteiger partial charge in [-0.25, -0.2) is 9.97 Å². The Kier molecular flexibility index (Phi) is 5.60. The molecule has 0 aliphatic heterocycles. The molecule has 0 radical (unpaired) electrons. The van der Waals surface area contributed by atoms with Crippen molar-refractivity contribution in [3.8, 4) is 0 Å². The van der Waals surface area contributed by atoms with Crippen LogP contribution in [0.25, 0.3) is 0 Å². The molecule has 0 bridgehead atoms. The minimum atomic E-state index is 0.910. The SMILES string of the molecule is CCCSCc1nc(C)c(CC)c(NC)n1. The van der Waals surface area contributed by atoms with Gasteiger partial charge in [0.05, 0.1) is 5.75 Å². The Morgan fingerprint density at radius 3 is 2.56 bits per heavy atom. The van der Waals surface area contributed by atoms with Crippen LogP contribution in [0.15, 0.2) is 0 Å². The Labute approximate surface area is 102 Å². The maximum Gasteiger partial charge on any atom is 0.140 e. The number of nitrogens with zero attached hydrogens (tertiary/aromatic N) is 2. The molecule has 0 saturated carbocycles. The molecule has 0 aromatic carbocycles. The van der Waals surface area contributed by atoms with E-state index >= 15 is 0 Å². The highest BCUT2D eigenvalue weighted by Gasteiger charge is 2.08. The van der Waals surface area contributed by atoms with Gasteiger partial charge in [0.15, 0.2) is 0 Å². The van der Waals surface area contributed by atoms with Crippen molar-refractivity contribution in [2.45, 2.75) is 39.4 Å². The third-order valence-electron chi connectivity index (χ3n) is 2.43. The van der Waals surface area contributed by atoms with E-state index in [2.05, 4.69) is 36.1 Å². The van der Waals surface area contributed by atoms with Gasteiger partial charge in [0, 0.05) is 18.3 Å². The van der Waals surface area contributed by atoms with Crippen molar-refractivity contribution in [1.82, 2.24) is 9.97 Å². The first-order valence-electron chi connectivity index (χ1n) is 5.84. The molecule has 0 saturated heterocycles. The van der Waals surface area contributed by atoms with Crippen LogP contribution in [-0.2, 0) is 12.2 Å². The second-order valence-corrected chi connectivity index (χ2v) is 4.81. The number of anilines is 1. The van der Waals surface area contributed by atoms with Crippen LogP contribution in [-0.4, -0.2) is 22.8 Å². The first kappa shape index (κ1) is 13.3. The van der Waals surface area contributed by atoms with Gasteiger partial charge in [-0.1, -0.05) is 13.8 Å². The number of aromatic nitrogens is 2. The van der Waals surface area contributed by atoms with Crippen LogP contribution in [0.4, 0.5) is 5.82 Å². The van der Waals surface area contributed by atoms with Gasteiger partial charge < -0.3 is 5.32 Å². The molecule has 16 heavy (non-hydrogen) atoms. The summed E-state index contributed by atoms with van der Waals surface area (Å²) in [6.45, 7) is 6.39. The van der Waals surface area contributed by atoms with Gasteiger partial charge in [-0.3, -0.25) is 0 Å². The number of hydrogen-bond donors (Lipinski definition) is 1. The van der Waals surface area contributed by atoms with Crippen molar-refractivity contribution in [3.63, 3.8) is 0 Å². The van der Waals surface area contributed by atoms with E-state index in [4.69, 9.17) is 0 Å². The van der Waals surface area contributed by atoms with E-state index in [0.717, 1.165) is 29.5 Å². The lowest BCUT2D eigenvalue weighted by Crippen LogP contribution is -2.06. The lowest BCUT2D eigenvalue weighted by atomic mass is 10.1. The molecule has 0 spiro atoms. The van der Waals surface area contributed by atoms with E-state index in [-0.39, 0.29) is 0 Å². The highest BCUT2D eigenvalue weighted by atomic mass is 32.2. The Morgan fingerprint density at radius 2 is 2.00 bits per heavy atom. The van der Waals surface area contributed by atoms with Gasteiger partial charge in [0.25, 0.3) is 0 Å². The van der Waals surface area contributed by atoms with Crippen LogP contribution in [0, 0.1) is 6.92 Å². The smallest absolute Gasteiger partial charge is 0.140 e. The van der Waals surface area contributed by atoms with Gasteiger partial charge in [-0.05, 0) is 25.5 Å². The first-order valence-corrected chi connectivity index (χ1v) is 7.00. The third-order valence-corrected chi connectivity index (χ3v) is 3.59. The Hall–Kier alpha value is -0.770. The summed E-state index contributed by atoms with van der Waals surface area (Å²) in [4.78, 5) is 9.10. The molecule has 1 heterocycles. The zero-order valence-corrected chi connectivity index (χ0v) is 11.4. The fraction of sp³-hybridized carbons (Fsp3) is 0.667. The molecule has 0 unspecified atom stereocenters. The minimum absolute atomic E-state index is 0.910. The molecule has 0 fully saturated rings. The standard InChI is InChI=1S/C12H21N3S/c1-5-7-16-8-11-14-9(3)10(6-2)12(13-4)15-11/h5-8H2,1-4H3,(H,13,14,15). The molecular formula is C12H21N3S. The largest absolute Gasteiger partial charge is 0.373 e. The number of rotatable bonds is 6. The first-order chi connectivity index (χ1) is 7.72. The molecule has 3 nitrogen and oxygen atoms in total. The number of nitrogens with one attached hydrogen (secondary N) is 1. The van der Waals surface area contributed by atoms with Crippen LogP contribution in [0.1, 0.15) is 37.4 Å². The molecule has 1 aromatic rings. The molecular weight excluding hydrogens is 218 g/mol. The summed E-state index contributed by atoms with van der Waals surface area (Å²) in [6.07, 6.45) is 2.18. The van der Waals surface area contributed by atoms with Crippen LogP contribution in [0.2, 0.25) is 0 Å². The highest BCUT2D eigenvalue weighted by Crippen LogP contribution is 2.18. The van der Waals surface area contributed by atoms with Gasteiger partial charge in [-0.15, -0.1) is 0 Å². The minimum Gasteiger partial charge on any atom is -0.373 e. The molecule has 1 N–H and O–H groups in total. The van der Waals surface area contributed by atoms with Gasteiger partial charge in [-0.2, -0.15) is 11.8 Å². The Morgan fingerprint density at radius 1 is 1.25 bits per heavy atom. The zero-order valence-electron chi connectivity index (χ0n) is 10.6. The van der Waals surface area contributed by atoms with E-state index in [0.29, 0.717) is 0 Å². The Bertz CT molecular complexity index is 339. The lowest BCUT2D eigenvalue weighted by molar-refractivity contribution is 0.940. The molecule has 1 aromatic heterocycles. The van der Waals surface area contributed by atoms with Crippen LogP contribution in [0.3, 0.4) is 0 Å². The van der Waals surface area contributed by atoms with Crippen molar-refractivity contribution in [2.75, 3.05) is 18.1 Å². The predicted molar refractivity (Wildman–Crippen MR) is 72.1 cm³/mol. The average molecular weight is 239 g/mol. The molecule has 0 amide bonds. The quantitative estimate of drug-likeness (QED) is 0.774. The molecule has 1 rings (SSSR count). The van der Waals surface area contributed by atoms with E-state index in [9.17, 15) is 0 Å². The Balaban J connectivity index is 2.83. The number of hydrogen-bond acceptors (Lipinski definition) is 4. The van der Waals surface area contributed by atoms with Crippen LogP contribution >= 0.6 is 11.8 Å². The second-order valence-electron chi connectivity index (χ2n) is 3.71.